The van der Waals surface area contributed by atoms with Crippen LogP contribution in [0.2, 0.25) is 0 Å². The van der Waals surface area contributed by atoms with Gasteiger partial charge in [-0.15, -0.1) is 0 Å². The van der Waals surface area contributed by atoms with Crippen molar-refractivity contribution in [2.75, 3.05) is 5.75 Å². The van der Waals surface area contributed by atoms with Crippen LogP contribution in [0, 0.1) is 0 Å². The van der Waals surface area contributed by atoms with Crippen LogP contribution in [-0.4, -0.2) is 22.0 Å². The molecular weight excluding hydrogens is 382 g/mol. The van der Waals surface area contributed by atoms with Crippen molar-refractivity contribution in [1.82, 2.24) is 4.72 Å². The van der Waals surface area contributed by atoms with Crippen LogP contribution in [0.25, 0.3) is 11.1 Å². The maximum atomic E-state index is 12.2. The van der Waals surface area contributed by atoms with Gasteiger partial charge in [0.2, 0.25) is 5.91 Å². The Morgan fingerprint density at radius 1 is 1.14 bits per heavy atom. The smallest absolute Gasteiger partial charge is 0.236 e. The van der Waals surface area contributed by atoms with Crippen LogP contribution in [0.5, 0.6) is 5.75 Å². The quantitative estimate of drug-likeness (QED) is 0.652. The van der Waals surface area contributed by atoms with Crippen LogP contribution >= 0.6 is 0 Å². The summed E-state index contributed by atoms with van der Waals surface area (Å²) in [6.45, 7) is 6.16. The second-order valence-corrected chi connectivity index (χ2v) is 9.41. The average Bonchev–Trinajstić information content (AvgIpc) is 3.22. The van der Waals surface area contributed by atoms with Crippen LogP contribution in [0.3, 0.4) is 0 Å². The number of hydrogen-bond acceptors (Lipinski definition) is 3. The van der Waals surface area contributed by atoms with E-state index in [4.69, 9.17) is 4.74 Å². The first-order valence-corrected chi connectivity index (χ1v) is 11.9. The lowest BCUT2D eigenvalue weighted by Crippen LogP contribution is -2.28. The number of carbonyl (C=O) groups excluding carboxylic acids is 1. The molecule has 2 aromatic carbocycles. The molecule has 0 aliphatic heterocycles. The van der Waals surface area contributed by atoms with Gasteiger partial charge < -0.3 is 4.74 Å². The van der Waals surface area contributed by atoms with Crippen molar-refractivity contribution in [1.29, 1.82) is 0 Å². The van der Waals surface area contributed by atoms with Gasteiger partial charge in [0.25, 0.3) is 0 Å². The van der Waals surface area contributed by atoms with E-state index in [9.17, 15) is 9.00 Å². The maximum Gasteiger partial charge on any atom is 0.236 e. The van der Waals surface area contributed by atoms with Gasteiger partial charge in [-0.3, -0.25) is 9.52 Å². The molecule has 1 atom stereocenters. The molecule has 1 amide bonds. The molecule has 1 N–H and O–H groups in total. The SMILES string of the molecule is CCS(=O)NC(=O)Cc1ccc(OC2CCCC2)c(-c2ccccc2C(C)C)c1. The molecule has 0 spiro atoms. The Morgan fingerprint density at radius 3 is 2.55 bits per heavy atom. The summed E-state index contributed by atoms with van der Waals surface area (Å²) in [6.07, 6.45) is 5.09. The highest BCUT2D eigenvalue weighted by molar-refractivity contribution is 7.83. The summed E-state index contributed by atoms with van der Waals surface area (Å²) >= 11 is 0. The van der Waals surface area contributed by atoms with Gasteiger partial charge in [-0.05, 0) is 60.4 Å². The first-order valence-electron chi connectivity index (χ1n) is 10.5. The molecule has 1 aliphatic rings. The third kappa shape index (κ3) is 5.69. The zero-order chi connectivity index (χ0) is 20.8. The molecule has 3 rings (SSSR count). The molecule has 1 fully saturated rings. The third-order valence-electron chi connectivity index (χ3n) is 5.37. The number of nitrogens with one attached hydrogen (secondary N) is 1. The van der Waals surface area contributed by atoms with E-state index in [1.54, 1.807) is 6.92 Å². The summed E-state index contributed by atoms with van der Waals surface area (Å²) in [5, 5.41) is 0. The Balaban J connectivity index is 1.95. The molecule has 1 saturated carbocycles. The highest BCUT2D eigenvalue weighted by atomic mass is 32.2. The standard InChI is InChI=1S/C24H31NO3S/c1-4-29(27)25-24(26)16-18-13-14-23(28-19-9-5-6-10-19)22(15-18)21-12-8-7-11-20(21)17(2)3/h7-8,11-15,17,19H,4-6,9-10,16H2,1-3H3,(H,25,26). The minimum absolute atomic E-state index is 0.201. The van der Waals surface area contributed by atoms with E-state index in [1.165, 1.54) is 18.4 Å². The van der Waals surface area contributed by atoms with Crippen molar-refractivity contribution >= 4 is 16.9 Å². The van der Waals surface area contributed by atoms with Gasteiger partial charge in [-0.2, -0.15) is 0 Å². The average molecular weight is 414 g/mol. The lowest BCUT2D eigenvalue weighted by Gasteiger charge is -2.20. The van der Waals surface area contributed by atoms with E-state index >= 15 is 0 Å². The normalized spacial score (nSPS) is 15.4. The number of ether oxygens (including phenoxy) is 1. The van der Waals surface area contributed by atoms with Gasteiger partial charge >= 0.3 is 0 Å². The van der Waals surface area contributed by atoms with Crippen LogP contribution in [-0.2, 0) is 22.2 Å². The second-order valence-electron chi connectivity index (χ2n) is 7.93. The zero-order valence-electron chi connectivity index (χ0n) is 17.6. The second kappa shape index (κ2) is 10.1. The van der Waals surface area contributed by atoms with Crippen molar-refractivity contribution in [2.45, 2.75) is 64.9 Å². The van der Waals surface area contributed by atoms with Gasteiger partial charge in [-0.25, -0.2) is 4.21 Å². The fourth-order valence-electron chi connectivity index (χ4n) is 3.85. The molecule has 29 heavy (non-hydrogen) atoms. The number of amides is 1. The molecule has 2 aromatic rings. The van der Waals surface area contributed by atoms with Crippen LogP contribution < -0.4 is 9.46 Å². The third-order valence-corrected chi connectivity index (χ3v) is 6.35. The summed E-state index contributed by atoms with van der Waals surface area (Å²) in [7, 11) is -1.31. The fourth-order valence-corrected chi connectivity index (χ4v) is 4.32. The van der Waals surface area contributed by atoms with E-state index in [1.807, 2.05) is 18.2 Å². The van der Waals surface area contributed by atoms with Gasteiger partial charge in [-0.1, -0.05) is 51.1 Å². The van der Waals surface area contributed by atoms with Gasteiger partial charge in [0.1, 0.15) is 16.7 Å². The molecule has 1 unspecified atom stereocenters. The highest BCUT2D eigenvalue weighted by Crippen LogP contribution is 2.38. The minimum atomic E-state index is -1.31. The van der Waals surface area contributed by atoms with E-state index in [-0.39, 0.29) is 18.4 Å². The lowest BCUT2D eigenvalue weighted by molar-refractivity contribution is -0.118. The lowest BCUT2D eigenvalue weighted by atomic mass is 9.91. The Hall–Kier alpha value is -2.14. The minimum Gasteiger partial charge on any atom is -0.490 e. The summed E-state index contributed by atoms with van der Waals surface area (Å²) in [4.78, 5) is 12.2. The molecular formula is C24H31NO3S. The zero-order valence-corrected chi connectivity index (χ0v) is 18.4. The number of benzene rings is 2. The number of hydrogen-bond donors (Lipinski definition) is 1. The van der Waals surface area contributed by atoms with E-state index in [2.05, 4.69) is 42.8 Å². The van der Waals surface area contributed by atoms with Crippen molar-refractivity contribution in [3.8, 4) is 16.9 Å². The van der Waals surface area contributed by atoms with Crippen LogP contribution in [0.4, 0.5) is 0 Å². The molecule has 1 aliphatic carbocycles. The van der Waals surface area contributed by atoms with E-state index in [0.29, 0.717) is 11.7 Å². The van der Waals surface area contributed by atoms with E-state index < -0.39 is 11.0 Å². The van der Waals surface area contributed by atoms with Crippen LogP contribution in [0.1, 0.15) is 63.5 Å². The van der Waals surface area contributed by atoms with E-state index in [0.717, 1.165) is 35.3 Å². The molecule has 0 aromatic heterocycles. The summed E-state index contributed by atoms with van der Waals surface area (Å²) in [5.74, 6) is 1.45. The molecule has 156 valence electrons. The van der Waals surface area contributed by atoms with Gasteiger partial charge in [0.15, 0.2) is 0 Å². The molecule has 5 heteroatoms. The monoisotopic (exact) mass is 413 g/mol. The Labute approximate surface area is 176 Å². The largest absolute Gasteiger partial charge is 0.490 e. The van der Waals surface area contributed by atoms with Gasteiger partial charge in [0.05, 0.1) is 12.5 Å². The van der Waals surface area contributed by atoms with Crippen molar-refractivity contribution in [3.63, 3.8) is 0 Å². The number of carbonyl (C=O) groups is 1. The summed E-state index contributed by atoms with van der Waals surface area (Å²) in [6, 6.07) is 14.4. The summed E-state index contributed by atoms with van der Waals surface area (Å²) < 4.78 is 20.6. The Bertz CT molecular complexity index is 872. The predicted molar refractivity (Wildman–Crippen MR) is 119 cm³/mol. The first kappa shape index (κ1) is 21.6. The molecule has 0 radical (unpaired) electrons. The maximum absolute atomic E-state index is 12.2. The van der Waals surface area contributed by atoms with Crippen molar-refractivity contribution < 1.29 is 13.7 Å². The topological polar surface area (TPSA) is 55.4 Å². The Kier molecular flexibility index (Phi) is 7.48. The number of rotatable bonds is 8. The molecule has 0 bridgehead atoms. The van der Waals surface area contributed by atoms with Gasteiger partial charge in [0, 0.05) is 11.3 Å². The predicted octanol–water partition coefficient (Wildman–Crippen LogP) is 5.14. The Morgan fingerprint density at radius 2 is 1.86 bits per heavy atom. The highest BCUT2D eigenvalue weighted by Gasteiger charge is 2.20. The molecule has 0 heterocycles. The fraction of sp³-hybridized carbons (Fsp3) is 0.458. The molecule has 4 nitrogen and oxygen atoms in total. The van der Waals surface area contributed by atoms with Crippen LogP contribution in [0.15, 0.2) is 42.5 Å². The summed E-state index contributed by atoms with van der Waals surface area (Å²) in [5.41, 5.74) is 4.33. The van der Waals surface area contributed by atoms with Crippen molar-refractivity contribution in [2.24, 2.45) is 0 Å². The molecule has 0 saturated heterocycles. The van der Waals surface area contributed by atoms with Crippen molar-refractivity contribution in [3.05, 3.63) is 53.6 Å². The first-order chi connectivity index (χ1) is 14.0.